The van der Waals surface area contributed by atoms with Crippen molar-refractivity contribution in [3.8, 4) is 0 Å². The summed E-state index contributed by atoms with van der Waals surface area (Å²) < 4.78 is 0. The van der Waals surface area contributed by atoms with E-state index in [1.165, 1.54) is 9.80 Å². The lowest BCUT2D eigenvalue weighted by atomic mass is 9.76. The third-order valence-electron chi connectivity index (χ3n) is 9.09. The fourth-order valence-electron chi connectivity index (χ4n) is 7.46. The lowest BCUT2D eigenvalue weighted by molar-refractivity contribution is -0.132. The van der Waals surface area contributed by atoms with E-state index < -0.39 is 17.4 Å². The molecule has 41 heavy (non-hydrogen) atoms. The van der Waals surface area contributed by atoms with Crippen molar-refractivity contribution >= 4 is 40.7 Å². The molecule has 4 aliphatic rings. The maximum absolute atomic E-state index is 14.7. The molecule has 0 radical (unpaired) electrons. The van der Waals surface area contributed by atoms with Crippen LogP contribution in [0.3, 0.4) is 0 Å². The number of anilines is 3. The van der Waals surface area contributed by atoms with Crippen LogP contribution in [-0.2, 0) is 31.1 Å². The van der Waals surface area contributed by atoms with E-state index in [0.717, 1.165) is 17.7 Å². The van der Waals surface area contributed by atoms with Gasteiger partial charge in [0, 0.05) is 29.5 Å². The zero-order valence-corrected chi connectivity index (χ0v) is 23.1. The summed E-state index contributed by atoms with van der Waals surface area (Å²) in [5, 5.41) is 3.54. The summed E-state index contributed by atoms with van der Waals surface area (Å²) in [7, 11) is 0. The number of hydrogen-bond donors (Lipinski definition) is 1. The molecule has 4 heterocycles. The van der Waals surface area contributed by atoms with E-state index in [9.17, 15) is 19.2 Å². The first-order valence-corrected chi connectivity index (χ1v) is 14.3. The van der Waals surface area contributed by atoms with Crippen molar-refractivity contribution in [2.45, 2.75) is 38.3 Å². The Morgan fingerprint density at radius 1 is 0.902 bits per heavy atom. The molecule has 7 rings (SSSR count). The molecule has 0 unspecified atom stereocenters. The topological polar surface area (TPSA) is 90.0 Å². The van der Waals surface area contributed by atoms with Crippen LogP contribution < -0.4 is 20.0 Å². The van der Waals surface area contributed by atoms with Crippen LogP contribution in [-0.4, -0.2) is 42.8 Å². The van der Waals surface area contributed by atoms with Crippen LogP contribution in [0.25, 0.3) is 0 Å². The van der Waals surface area contributed by atoms with Crippen LogP contribution in [0.5, 0.6) is 0 Å². The number of para-hydroxylation sites is 3. The number of nitrogens with zero attached hydrogens (tertiary/aromatic N) is 3. The third kappa shape index (κ3) is 3.63. The molecule has 0 saturated carbocycles. The van der Waals surface area contributed by atoms with Crippen molar-refractivity contribution in [3.63, 3.8) is 0 Å². The highest BCUT2D eigenvalue weighted by molar-refractivity contribution is 6.26. The molecule has 1 spiro atoms. The molecule has 208 valence electrons. The van der Waals surface area contributed by atoms with E-state index in [4.69, 9.17) is 0 Å². The van der Waals surface area contributed by atoms with E-state index in [0.29, 0.717) is 29.9 Å². The maximum Gasteiger partial charge on any atom is 0.253 e. The van der Waals surface area contributed by atoms with Gasteiger partial charge in [0.05, 0.1) is 17.5 Å². The van der Waals surface area contributed by atoms with Crippen molar-refractivity contribution < 1.29 is 19.2 Å². The van der Waals surface area contributed by atoms with Gasteiger partial charge in [-0.2, -0.15) is 0 Å². The molecule has 4 atom stereocenters. The summed E-state index contributed by atoms with van der Waals surface area (Å²) in [5.41, 5.74) is 2.32. The molecule has 4 amide bonds. The predicted octanol–water partition coefficient (Wildman–Crippen LogP) is 3.64. The quantitative estimate of drug-likeness (QED) is 0.492. The number of fused-ring (bicyclic) bond motifs is 5. The van der Waals surface area contributed by atoms with Crippen LogP contribution in [0.1, 0.15) is 31.4 Å². The highest BCUT2D eigenvalue weighted by Gasteiger charge is 2.71. The molecule has 2 saturated heterocycles. The van der Waals surface area contributed by atoms with E-state index >= 15 is 0 Å². The van der Waals surface area contributed by atoms with Crippen LogP contribution in [0.4, 0.5) is 17.1 Å². The van der Waals surface area contributed by atoms with Gasteiger partial charge in [0.2, 0.25) is 17.7 Å². The largest absolute Gasteiger partial charge is 0.310 e. The Morgan fingerprint density at radius 3 is 2.34 bits per heavy atom. The van der Waals surface area contributed by atoms with E-state index in [-0.39, 0.29) is 42.1 Å². The predicted molar refractivity (Wildman–Crippen MR) is 155 cm³/mol. The third-order valence-corrected chi connectivity index (χ3v) is 9.09. The zero-order chi connectivity index (χ0) is 28.5. The Bertz CT molecular complexity index is 1590. The lowest BCUT2D eigenvalue weighted by Gasteiger charge is -2.31. The Balaban J connectivity index is 1.30. The molecular formula is C33H32N4O4. The smallest absolute Gasteiger partial charge is 0.253 e. The minimum Gasteiger partial charge on any atom is -0.310 e. The number of carbonyl (C=O) groups excluding carboxylic acids is 4. The summed E-state index contributed by atoms with van der Waals surface area (Å²) in [6, 6.07) is 23.7. The van der Waals surface area contributed by atoms with Crippen LogP contribution in [0.15, 0.2) is 78.9 Å². The Hall–Kier alpha value is -4.30. The van der Waals surface area contributed by atoms with Gasteiger partial charge >= 0.3 is 0 Å². The first kappa shape index (κ1) is 25.7. The normalized spacial score (nSPS) is 26.4. The van der Waals surface area contributed by atoms with Crippen LogP contribution in [0, 0.1) is 17.8 Å². The minimum absolute atomic E-state index is 0.148. The Labute approximate surface area is 238 Å². The molecule has 0 aromatic heterocycles. The van der Waals surface area contributed by atoms with E-state index in [1.807, 2.05) is 54.6 Å². The number of carbonyl (C=O) groups is 4. The number of imide groups is 1. The number of nitrogens with one attached hydrogen (secondary N) is 1. The molecule has 0 bridgehead atoms. The van der Waals surface area contributed by atoms with Crippen molar-refractivity contribution in [2.24, 2.45) is 17.8 Å². The number of amides is 4. The van der Waals surface area contributed by atoms with Gasteiger partial charge in [-0.25, -0.2) is 4.90 Å². The van der Waals surface area contributed by atoms with E-state index in [2.05, 4.69) is 19.2 Å². The lowest BCUT2D eigenvalue weighted by Crippen LogP contribution is -2.56. The van der Waals surface area contributed by atoms with Crippen LogP contribution >= 0.6 is 0 Å². The minimum atomic E-state index is -1.43. The van der Waals surface area contributed by atoms with Gasteiger partial charge in [-0.1, -0.05) is 68.4 Å². The van der Waals surface area contributed by atoms with E-state index in [1.54, 1.807) is 29.2 Å². The Morgan fingerprint density at radius 2 is 1.59 bits per heavy atom. The second kappa shape index (κ2) is 9.38. The summed E-state index contributed by atoms with van der Waals surface area (Å²) in [6.45, 7) is 4.55. The summed E-state index contributed by atoms with van der Waals surface area (Å²) in [4.78, 5) is 61.1. The zero-order valence-electron chi connectivity index (χ0n) is 23.1. The van der Waals surface area contributed by atoms with Gasteiger partial charge < -0.3 is 9.80 Å². The number of hydrogen-bond acceptors (Lipinski definition) is 5. The molecule has 8 heteroatoms. The second-order valence-corrected chi connectivity index (χ2v) is 11.9. The van der Waals surface area contributed by atoms with Gasteiger partial charge in [0.1, 0.15) is 12.1 Å². The SMILES string of the molecule is CC(C)C[C@@H]1N[C@]2(C(=O)N(CC(=O)N3CCc4ccccc43)c3ccccc32)[C@H]2C(=O)N(c3ccccc3)C(=O)[C@H]12. The fourth-order valence-corrected chi connectivity index (χ4v) is 7.46. The highest BCUT2D eigenvalue weighted by atomic mass is 16.2. The van der Waals surface area contributed by atoms with Gasteiger partial charge in [-0.3, -0.25) is 24.5 Å². The average Bonchev–Trinajstić information content (AvgIpc) is 3.68. The second-order valence-electron chi connectivity index (χ2n) is 11.9. The first-order valence-electron chi connectivity index (χ1n) is 14.3. The summed E-state index contributed by atoms with van der Waals surface area (Å²) in [5.74, 6) is -2.57. The monoisotopic (exact) mass is 548 g/mol. The molecule has 8 nitrogen and oxygen atoms in total. The van der Waals surface area contributed by atoms with Crippen molar-refractivity contribution in [1.82, 2.24) is 5.32 Å². The fraction of sp³-hybridized carbons (Fsp3) is 0.333. The van der Waals surface area contributed by atoms with Crippen molar-refractivity contribution in [3.05, 3.63) is 90.0 Å². The van der Waals surface area contributed by atoms with Gasteiger partial charge in [-0.05, 0) is 48.6 Å². The highest BCUT2D eigenvalue weighted by Crippen LogP contribution is 2.55. The average molecular weight is 549 g/mol. The molecular weight excluding hydrogens is 516 g/mol. The molecule has 0 aliphatic carbocycles. The van der Waals surface area contributed by atoms with Crippen molar-refractivity contribution in [2.75, 3.05) is 27.8 Å². The Kier molecular flexibility index (Phi) is 5.87. The standard InChI is InChI=1S/C33H32N4O4/c1-20(2)18-24-28-29(31(40)37(30(28)39)22-11-4-3-5-12-22)33(34-24)23-13-7-9-15-26(23)36(32(33)41)19-27(38)35-17-16-21-10-6-8-14-25(21)35/h3-15,20,24,28-29,34H,16-19H2,1-2H3/t24-,28+,29+,33-/m0/s1. The van der Waals surface area contributed by atoms with Gasteiger partial charge in [0.15, 0.2) is 0 Å². The first-order chi connectivity index (χ1) is 19.8. The number of rotatable bonds is 5. The molecule has 1 N–H and O–H groups in total. The van der Waals surface area contributed by atoms with Crippen molar-refractivity contribution in [1.29, 1.82) is 0 Å². The van der Waals surface area contributed by atoms with Crippen LogP contribution in [0.2, 0.25) is 0 Å². The number of benzene rings is 3. The summed E-state index contributed by atoms with van der Waals surface area (Å²) >= 11 is 0. The van der Waals surface area contributed by atoms with Gasteiger partial charge in [0.25, 0.3) is 5.91 Å². The molecule has 2 fully saturated rings. The molecule has 3 aromatic rings. The molecule has 4 aliphatic heterocycles. The van der Waals surface area contributed by atoms with Gasteiger partial charge in [-0.15, -0.1) is 0 Å². The molecule has 3 aromatic carbocycles. The maximum atomic E-state index is 14.7. The summed E-state index contributed by atoms with van der Waals surface area (Å²) in [6.07, 6.45) is 1.40.